The fourth-order valence-corrected chi connectivity index (χ4v) is 2.54. The first-order valence-electron chi connectivity index (χ1n) is 7.02. The Bertz CT molecular complexity index is 581. The number of amides is 1. The largest absolute Gasteiger partial charge is 0.348 e. The normalized spacial score (nSPS) is 16.0. The summed E-state index contributed by atoms with van der Waals surface area (Å²) in [6.45, 7) is 5.78. The number of benzene rings is 1. The summed E-state index contributed by atoms with van der Waals surface area (Å²) in [5.41, 5.74) is 6.73. The average molecular weight is 312 g/mol. The van der Waals surface area contributed by atoms with E-state index < -0.39 is 15.9 Å². The molecule has 0 spiro atoms. The highest BCUT2D eigenvalue weighted by Crippen LogP contribution is 2.17. The van der Waals surface area contributed by atoms with Crippen molar-refractivity contribution in [2.45, 2.75) is 44.2 Å². The molecule has 0 aromatic heterocycles. The molecule has 1 amide bonds. The van der Waals surface area contributed by atoms with Crippen molar-refractivity contribution < 1.29 is 13.2 Å². The highest BCUT2D eigenvalue weighted by Gasteiger charge is 2.21. The van der Waals surface area contributed by atoms with Crippen LogP contribution in [0.25, 0.3) is 0 Å². The number of hydrogen-bond donors (Lipinski definition) is 2. The molecule has 0 saturated carbocycles. The van der Waals surface area contributed by atoms with Gasteiger partial charge in [-0.2, -0.15) is 0 Å². The topological polar surface area (TPSA) is 89.3 Å². The summed E-state index contributed by atoms with van der Waals surface area (Å²) in [5, 5.41) is 2.86. The summed E-state index contributed by atoms with van der Waals surface area (Å²) >= 11 is 0. The maximum Gasteiger partial charge on any atom is 0.237 e. The Balaban J connectivity index is 2.76. The Morgan fingerprint density at radius 2 is 1.76 bits per heavy atom. The molecule has 1 aromatic carbocycles. The van der Waals surface area contributed by atoms with Gasteiger partial charge in [-0.3, -0.25) is 4.79 Å². The van der Waals surface area contributed by atoms with E-state index in [2.05, 4.69) is 5.32 Å². The molecule has 0 aliphatic heterocycles. The van der Waals surface area contributed by atoms with Gasteiger partial charge in [0.05, 0.1) is 17.0 Å². The third-order valence-corrected chi connectivity index (χ3v) is 4.86. The Labute approximate surface area is 126 Å². The predicted octanol–water partition coefficient (Wildman–Crippen LogP) is 1.64. The van der Waals surface area contributed by atoms with Crippen LogP contribution in [0.4, 0.5) is 0 Å². The van der Waals surface area contributed by atoms with Gasteiger partial charge in [0.2, 0.25) is 5.91 Å². The van der Waals surface area contributed by atoms with E-state index in [9.17, 15) is 13.2 Å². The molecule has 1 rings (SSSR count). The highest BCUT2D eigenvalue weighted by molar-refractivity contribution is 7.90. The summed E-state index contributed by atoms with van der Waals surface area (Å²) in [5.74, 6) is -0.0751. The number of carbonyl (C=O) groups is 1. The zero-order chi connectivity index (χ0) is 16.2. The second kappa shape index (κ2) is 7.04. The SMILES string of the molecule is CCC(C)C(N)C(=O)NC(C)c1ccc(S(C)(=O)=O)cc1. The van der Waals surface area contributed by atoms with Crippen LogP contribution >= 0.6 is 0 Å². The van der Waals surface area contributed by atoms with Crippen molar-refractivity contribution in [1.29, 1.82) is 0 Å². The molecule has 3 N–H and O–H groups in total. The van der Waals surface area contributed by atoms with Crippen molar-refractivity contribution in [3.8, 4) is 0 Å². The van der Waals surface area contributed by atoms with E-state index >= 15 is 0 Å². The molecule has 21 heavy (non-hydrogen) atoms. The molecule has 0 bridgehead atoms. The molecule has 0 fully saturated rings. The van der Waals surface area contributed by atoms with Gasteiger partial charge in [-0.15, -0.1) is 0 Å². The summed E-state index contributed by atoms with van der Waals surface area (Å²) in [6, 6.07) is 5.74. The Morgan fingerprint density at radius 1 is 1.24 bits per heavy atom. The second-order valence-corrected chi connectivity index (χ2v) is 7.50. The summed E-state index contributed by atoms with van der Waals surface area (Å²) in [4.78, 5) is 12.3. The lowest BCUT2D eigenvalue weighted by molar-refractivity contribution is -0.124. The first-order valence-corrected chi connectivity index (χ1v) is 8.92. The zero-order valence-electron chi connectivity index (χ0n) is 13.0. The second-order valence-electron chi connectivity index (χ2n) is 5.48. The van der Waals surface area contributed by atoms with E-state index in [1.54, 1.807) is 24.3 Å². The molecule has 0 saturated heterocycles. The zero-order valence-corrected chi connectivity index (χ0v) is 13.8. The smallest absolute Gasteiger partial charge is 0.237 e. The maximum atomic E-state index is 12.0. The van der Waals surface area contributed by atoms with Crippen molar-refractivity contribution in [2.24, 2.45) is 11.7 Å². The number of sulfone groups is 1. The Hall–Kier alpha value is -1.40. The molecule has 6 heteroatoms. The molecular weight excluding hydrogens is 288 g/mol. The van der Waals surface area contributed by atoms with Crippen molar-refractivity contribution in [3.05, 3.63) is 29.8 Å². The minimum Gasteiger partial charge on any atom is -0.348 e. The summed E-state index contributed by atoms with van der Waals surface area (Å²) in [7, 11) is -3.20. The fourth-order valence-electron chi connectivity index (χ4n) is 1.91. The Kier molecular flexibility index (Phi) is 5.92. The monoisotopic (exact) mass is 312 g/mol. The van der Waals surface area contributed by atoms with Gasteiger partial charge >= 0.3 is 0 Å². The van der Waals surface area contributed by atoms with E-state index in [4.69, 9.17) is 5.73 Å². The van der Waals surface area contributed by atoms with Crippen molar-refractivity contribution in [3.63, 3.8) is 0 Å². The van der Waals surface area contributed by atoms with E-state index in [0.29, 0.717) is 0 Å². The van der Waals surface area contributed by atoms with Gasteiger partial charge in [-0.25, -0.2) is 8.42 Å². The molecule has 0 heterocycles. The van der Waals surface area contributed by atoms with Crippen LogP contribution < -0.4 is 11.1 Å². The van der Waals surface area contributed by atoms with Gasteiger partial charge in [0, 0.05) is 6.26 Å². The van der Waals surface area contributed by atoms with E-state index in [0.717, 1.165) is 12.0 Å². The number of nitrogens with two attached hydrogens (primary N) is 1. The average Bonchev–Trinajstić information content (AvgIpc) is 2.44. The molecule has 1 aromatic rings. The van der Waals surface area contributed by atoms with Gasteiger partial charge < -0.3 is 11.1 Å². The van der Waals surface area contributed by atoms with Crippen molar-refractivity contribution in [2.75, 3.05) is 6.26 Å². The number of hydrogen-bond acceptors (Lipinski definition) is 4. The van der Waals surface area contributed by atoms with Crippen LogP contribution in [0.3, 0.4) is 0 Å². The molecule has 118 valence electrons. The Morgan fingerprint density at radius 3 is 2.19 bits per heavy atom. The van der Waals surface area contributed by atoms with Gasteiger partial charge in [-0.05, 0) is 30.5 Å². The van der Waals surface area contributed by atoms with Crippen LogP contribution in [-0.2, 0) is 14.6 Å². The summed E-state index contributed by atoms with van der Waals surface area (Å²) in [6.07, 6.45) is 2.00. The molecule has 0 radical (unpaired) electrons. The minimum atomic E-state index is -3.20. The van der Waals surface area contributed by atoms with Crippen LogP contribution in [0, 0.1) is 5.92 Å². The lowest BCUT2D eigenvalue weighted by Crippen LogP contribution is -2.45. The standard InChI is InChI=1S/C15H24N2O3S/c1-5-10(2)14(16)15(18)17-11(3)12-6-8-13(9-7-12)21(4,19)20/h6-11,14H,5,16H2,1-4H3,(H,17,18). The van der Waals surface area contributed by atoms with Crippen LogP contribution in [0.2, 0.25) is 0 Å². The number of nitrogens with one attached hydrogen (secondary N) is 1. The number of rotatable bonds is 6. The molecule has 3 atom stereocenters. The molecular formula is C15H24N2O3S. The lowest BCUT2D eigenvalue weighted by atomic mass is 9.98. The van der Waals surface area contributed by atoms with Crippen molar-refractivity contribution in [1.82, 2.24) is 5.32 Å². The quantitative estimate of drug-likeness (QED) is 0.835. The van der Waals surface area contributed by atoms with Crippen LogP contribution in [0.5, 0.6) is 0 Å². The first-order chi connectivity index (χ1) is 9.66. The van der Waals surface area contributed by atoms with E-state index in [1.807, 2.05) is 20.8 Å². The van der Waals surface area contributed by atoms with E-state index in [-0.39, 0.29) is 22.8 Å². The third-order valence-electron chi connectivity index (χ3n) is 3.73. The summed E-state index contributed by atoms with van der Waals surface area (Å²) < 4.78 is 22.8. The number of carbonyl (C=O) groups excluding carboxylic acids is 1. The molecule has 0 aliphatic rings. The fraction of sp³-hybridized carbons (Fsp3) is 0.533. The maximum absolute atomic E-state index is 12.0. The van der Waals surface area contributed by atoms with Gasteiger partial charge in [0.1, 0.15) is 0 Å². The van der Waals surface area contributed by atoms with Gasteiger partial charge in [0.15, 0.2) is 9.84 Å². The van der Waals surface area contributed by atoms with Crippen LogP contribution in [-0.4, -0.2) is 26.6 Å². The van der Waals surface area contributed by atoms with Gasteiger partial charge in [0.25, 0.3) is 0 Å². The highest BCUT2D eigenvalue weighted by atomic mass is 32.2. The first kappa shape index (κ1) is 17.7. The van der Waals surface area contributed by atoms with Crippen molar-refractivity contribution >= 4 is 15.7 Å². The molecule has 3 unspecified atom stereocenters. The molecule has 0 aliphatic carbocycles. The van der Waals surface area contributed by atoms with Gasteiger partial charge in [-0.1, -0.05) is 32.4 Å². The molecule has 5 nitrogen and oxygen atoms in total. The minimum absolute atomic E-state index is 0.116. The van der Waals surface area contributed by atoms with Crippen LogP contribution in [0.1, 0.15) is 38.8 Å². The lowest BCUT2D eigenvalue weighted by Gasteiger charge is -2.21. The van der Waals surface area contributed by atoms with Crippen LogP contribution in [0.15, 0.2) is 29.2 Å². The van der Waals surface area contributed by atoms with E-state index in [1.165, 1.54) is 6.26 Å². The third kappa shape index (κ3) is 4.82. The predicted molar refractivity (Wildman–Crippen MR) is 83.5 cm³/mol.